The smallest absolute Gasteiger partial charge is 0.195 e. The van der Waals surface area contributed by atoms with Crippen molar-refractivity contribution in [2.45, 2.75) is 35.7 Å². The lowest BCUT2D eigenvalue weighted by Crippen LogP contribution is -2.48. The minimum absolute atomic E-state index is 0.0577. The number of benzene rings is 2. The average molecular weight is 537 g/mol. The first kappa shape index (κ1) is 25.4. The van der Waals surface area contributed by atoms with Crippen molar-refractivity contribution in [3.8, 4) is 0 Å². The second-order valence-electron chi connectivity index (χ2n) is 8.72. The van der Waals surface area contributed by atoms with Crippen LogP contribution in [-0.4, -0.2) is 68.2 Å². The van der Waals surface area contributed by atoms with Crippen LogP contribution in [-0.2, 0) is 4.87 Å². The number of aliphatic hydroxyl groups excluding tert-OH is 1. The molecule has 3 atom stereocenters. The van der Waals surface area contributed by atoms with E-state index in [4.69, 9.17) is 10.8 Å². The van der Waals surface area contributed by atoms with Crippen molar-refractivity contribution in [2.75, 3.05) is 26.2 Å². The quantitative estimate of drug-likeness (QED) is 0.392. The first-order chi connectivity index (χ1) is 17.5. The van der Waals surface area contributed by atoms with Crippen molar-refractivity contribution in [1.29, 1.82) is 0 Å². The molecular formula is C24H27F3N6OS2. The van der Waals surface area contributed by atoms with Gasteiger partial charge in [0, 0.05) is 30.6 Å². The standard InChI is InChI=1S/C24H27F3N6OS2/c25-17-7-8-19(26)18(15-17)23-30-32(24(35-23,10-4-11-28)16-5-2-1-3-6-16)33-29-21-20(36-33)9-12-31(13-14-34)22(21)27/h1-3,5-8,15,20,22,34H,4,9-14,28H2. The number of hydrogen-bond acceptors (Lipinski definition) is 9. The topological polar surface area (TPSA) is 80.7 Å². The predicted molar refractivity (Wildman–Crippen MR) is 138 cm³/mol. The number of alkyl halides is 1. The first-order valence-corrected chi connectivity index (χ1v) is 13.4. The molecular weight excluding hydrogens is 509 g/mol. The fraction of sp³-hybridized carbons (Fsp3) is 0.417. The van der Waals surface area contributed by atoms with Crippen LogP contribution in [0.25, 0.3) is 0 Å². The Balaban J connectivity index is 1.58. The van der Waals surface area contributed by atoms with Crippen molar-refractivity contribution < 1.29 is 18.3 Å². The third-order valence-corrected chi connectivity index (χ3v) is 9.01. The van der Waals surface area contributed by atoms with E-state index in [1.165, 1.54) is 23.7 Å². The lowest BCUT2D eigenvalue weighted by Gasteiger charge is -2.39. The summed E-state index contributed by atoms with van der Waals surface area (Å²) in [5, 5.41) is 20.5. The van der Waals surface area contributed by atoms with Crippen LogP contribution in [0.1, 0.15) is 30.4 Å². The van der Waals surface area contributed by atoms with Crippen molar-refractivity contribution in [3.63, 3.8) is 0 Å². The minimum Gasteiger partial charge on any atom is -0.395 e. The number of hydrazine groups is 1. The van der Waals surface area contributed by atoms with Crippen molar-refractivity contribution in [1.82, 2.24) is 14.5 Å². The van der Waals surface area contributed by atoms with Crippen LogP contribution >= 0.6 is 23.7 Å². The van der Waals surface area contributed by atoms with Gasteiger partial charge in [0.15, 0.2) is 11.2 Å². The third-order valence-electron chi connectivity index (χ3n) is 6.42. The maximum absolute atomic E-state index is 15.3. The molecule has 2 aromatic rings. The Morgan fingerprint density at radius 2 is 1.94 bits per heavy atom. The van der Waals surface area contributed by atoms with Crippen LogP contribution in [0.3, 0.4) is 0 Å². The Morgan fingerprint density at radius 3 is 2.69 bits per heavy atom. The predicted octanol–water partition coefficient (Wildman–Crippen LogP) is 3.86. The molecule has 0 amide bonds. The van der Waals surface area contributed by atoms with E-state index in [1.54, 1.807) is 14.5 Å². The number of likely N-dealkylation sites (tertiary alicyclic amines) is 1. The van der Waals surface area contributed by atoms with Crippen molar-refractivity contribution in [2.24, 2.45) is 15.9 Å². The molecule has 3 aliphatic heterocycles. The molecule has 1 fully saturated rings. The van der Waals surface area contributed by atoms with Gasteiger partial charge >= 0.3 is 0 Å². The summed E-state index contributed by atoms with van der Waals surface area (Å²) >= 11 is 2.67. The summed E-state index contributed by atoms with van der Waals surface area (Å²) in [6, 6.07) is 12.9. The molecule has 36 heavy (non-hydrogen) atoms. The minimum atomic E-state index is -1.41. The number of nitrogens with two attached hydrogens (primary N) is 1. The number of halogens is 3. The van der Waals surface area contributed by atoms with Gasteiger partial charge in [-0.3, -0.25) is 4.90 Å². The van der Waals surface area contributed by atoms with Crippen LogP contribution < -0.4 is 5.73 Å². The van der Waals surface area contributed by atoms with Gasteiger partial charge < -0.3 is 10.8 Å². The molecule has 3 N–H and O–H groups in total. The highest BCUT2D eigenvalue weighted by Crippen LogP contribution is 2.53. The Bertz CT molecular complexity index is 1160. The normalized spacial score (nSPS) is 26.2. The van der Waals surface area contributed by atoms with E-state index in [0.717, 1.165) is 23.8 Å². The molecule has 0 radical (unpaired) electrons. The van der Waals surface area contributed by atoms with Gasteiger partial charge in [0.25, 0.3) is 0 Å². The summed E-state index contributed by atoms with van der Waals surface area (Å²) in [7, 11) is 0. The van der Waals surface area contributed by atoms with E-state index in [2.05, 4.69) is 5.10 Å². The van der Waals surface area contributed by atoms with E-state index in [-0.39, 0.29) is 24.0 Å². The maximum Gasteiger partial charge on any atom is 0.195 e. The highest BCUT2D eigenvalue weighted by molar-refractivity contribution is 8.15. The molecule has 3 unspecified atom stereocenters. The van der Waals surface area contributed by atoms with Crippen LogP contribution in [0.2, 0.25) is 0 Å². The van der Waals surface area contributed by atoms with Gasteiger partial charge in [-0.15, -0.1) is 14.7 Å². The second kappa shape index (κ2) is 10.6. The van der Waals surface area contributed by atoms with Gasteiger partial charge in [-0.2, -0.15) is 5.12 Å². The Kier molecular flexibility index (Phi) is 7.49. The molecule has 192 valence electrons. The largest absolute Gasteiger partial charge is 0.395 e. The van der Waals surface area contributed by atoms with Gasteiger partial charge in [0.2, 0.25) is 0 Å². The van der Waals surface area contributed by atoms with Gasteiger partial charge in [-0.05, 0) is 49.6 Å². The van der Waals surface area contributed by atoms with Crippen LogP contribution in [0.4, 0.5) is 13.2 Å². The molecule has 0 bridgehead atoms. The van der Waals surface area contributed by atoms with Crippen molar-refractivity contribution in [3.05, 3.63) is 71.3 Å². The van der Waals surface area contributed by atoms with Gasteiger partial charge in [-0.1, -0.05) is 42.1 Å². The van der Waals surface area contributed by atoms with Gasteiger partial charge in [0.05, 0.1) is 11.9 Å². The Morgan fingerprint density at radius 1 is 1.14 bits per heavy atom. The summed E-state index contributed by atoms with van der Waals surface area (Å²) in [6.45, 7) is 1.02. The lowest BCUT2D eigenvalue weighted by atomic mass is 10.0. The molecule has 3 aliphatic rings. The van der Waals surface area contributed by atoms with Gasteiger partial charge in [0.1, 0.15) is 22.4 Å². The van der Waals surface area contributed by atoms with E-state index < -0.39 is 22.8 Å². The number of hydrazone groups is 2. The number of β-amino-alcohol motifs (C(OH)–C–C–N with tert-alkyl or cyclic N) is 1. The summed E-state index contributed by atoms with van der Waals surface area (Å²) in [5.74, 6) is -1.14. The zero-order valence-corrected chi connectivity index (χ0v) is 21.1. The molecule has 12 heteroatoms. The summed E-state index contributed by atoms with van der Waals surface area (Å²) in [6.07, 6.45) is 0.437. The number of nitrogens with zero attached hydrogens (tertiary/aromatic N) is 5. The Hall–Kier alpha value is -2.25. The average Bonchev–Trinajstić information content (AvgIpc) is 3.49. The monoisotopic (exact) mass is 536 g/mol. The Labute approximate surface area is 216 Å². The van der Waals surface area contributed by atoms with E-state index in [9.17, 15) is 13.9 Å². The molecule has 0 aromatic heterocycles. The summed E-state index contributed by atoms with van der Waals surface area (Å²) in [4.78, 5) is 0.712. The van der Waals surface area contributed by atoms with Crippen LogP contribution in [0, 0.1) is 11.6 Å². The zero-order valence-electron chi connectivity index (χ0n) is 19.4. The van der Waals surface area contributed by atoms with Gasteiger partial charge in [-0.25, -0.2) is 13.2 Å². The fourth-order valence-corrected chi connectivity index (χ4v) is 7.19. The molecule has 0 saturated carbocycles. The molecule has 0 aliphatic carbocycles. The summed E-state index contributed by atoms with van der Waals surface area (Å²) < 4.78 is 45.8. The number of rotatable bonds is 8. The molecule has 3 heterocycles. The van der Waals surface area contributed by atoms with E-state index >= 15 is 4.39 Å². The van der Waals surface area contributed by atoms with E-state index in [0.29, 0.717) is 43.1 Å². The number of aliphatic hydroxyl groups is 1. The second-order valence-corrected chi connectivity index (χ2v) is 11.1. The number of fused-ring (bicyclic) bond motifs is 1. The maximum atomic E-state index is 15.3. The number of hydrogen-bond donors (Lipinski definition) is 2. The fourth-order valence-electron chi connectivity index (χ4n) is 4.62. The number of thioether (sulfide) groups is 1. The third kappa shape index (κ3) is 4.60. The molecule has 1 saturated heterocycles. The van der Waals surface area contributed by atoms with Crippen LogP contribution in [0.5, 0.6) is 0 Å². The molecule has 0 spiro atoms. The molecule has 5 rings (SSSR count). The zero-order chi connectivity index (χ0) is 25.3. The lowest BCUT2D eigenvalue weighted by molar-refractivity contribution is 0.00689. The van der Waals surface area contributed by atoms with E-state index in [1.807, 2.05) is 30.3 Å². The highest BCUT2D eigenvalue weighted by atomic mass is 32.2. The summed E-state index contributed by atoms with van der Waals surface area (Å²) in [5.41, 5.74) is 7.21. The first-order valence-electron chi connectivity index (χ1n) is 11.8. The highest BCUT2D eigenvalue weighted by Gasteiger charge is 2.52. The van der Waals surface area contributed by atoms with Crippen molar-refractivity contribution >= 4 is 34.5 Å². The SMILES string of the molecule is NCCCC1(c2ccccc2)SC(c2cc(F)ccc2F)=NN1N1N=C2C(CCN(CCO)C2F)S1. The molecule has 7 nitrogen and oxygen atoms in total. The number of piperidine rings is 1. The molecule has 2 aromatic carbocycles. The van der Waals surface area contributed by atoms with Crippen LogP contribution in [0.15, 0.2) is 58.7 Å².